The fourth-order valence-corrected chi connectivity index (χ4v) is 2.18. The van der Waals surface area contributed by atoms with Crippen molar-refractivity contribution in [3.8, 4) is 11.5 Å². The second-order valence-corrected chi connectivity index (χ2v) is 5.21. The van der Waals surface area contributed by atoms with Crippen LogP contribution >= 0.6 is 0 Å². The number of halogens is 3. The van der Waals surface area contributed by atoms with Crippen LogP contribution in [0.25, 0.3) is 0 Å². The number of ether oxygens (including phenoxy) is 3. The molecular weight excluding hydrogens is 335 g/mol. The topological polar surface area (TPSA) is 51.5 Å². The highest BCUT2D eigenvalue weighted by atomic mass is 19.4. The molecule has 1 unspecified atom stereocenters. The molecule has 2 rings (SSSR count). The van der Waals surface area contributed by atoms with Crippen LogP contribution in [0.15, 0.2) is 48.5 Å². The summed E-state index contributed by atoms with van der Waals surface area (Å²) in [4.78, 5) is 0. The highest BCUT2D eigenvalue weighted by Crippen LogP contribution is 2.34. The molecule has 0 aliphatic heterocycles. The summed E-state index contributed by atoms with van der Waals surface area (Å²) >= 11 is 0. The van der Waals surface area contributed by atoms with Crippen molar-refractivity contribution in [2.75, 3.05) is 20.3 Å². The van der Waals surface area contributed by atoms with Gasteiger partial charge in [-0.05, 0) is 30.3 Å². The van der Waals surface area contributed by atoms with Gasteiger partial charge in [-0.2, -0.15) is 13.2 Å². The molecule has 0 heterocycles. The second-order valence-electron chi connectivity index (χ2n) is 5.21. The molecule has 2 aromatic carbocycles. The molecule has 0 aliphatic rings. The predicted molar refractivity (Wildman–Crippen MR) is 87.6 cm³/mol. The number of hydrogen-bond acceptors (Lipinski definition) is 4. The van der Waals surface area contributed by atoms with Crippen molar-refractivity contribution in [1.82, 2.24) is 0 Å². The van der Waals surface area contributed by atoms with E-state index in [1.165, 1.54) is 19.2 Å². The summed E-state index contributed by atoms with van der Waals surface area (Å²) in [6.45, 7) is 0.270. The Hall–Kier alpha value is -2.54. The van der Waals surface area contributed by atoms with Crippen molar-refractivity contribution >= 4 is 6.21 Å². The Kier molecular flexibility index (Phi) is 6.41. The van der Waals surface area contributed by atoms with E-state index in [-0.39, 0.29) is 24.5 Å². The van der Waals surface area contributed by atoms with E-state index in [2.05, 4.69) is 0 Å². The highest BCUT2D eigenvalue weighted by molar-refractivity contribution is 5.80. The Morgan fingerprint density at radius 1 is 1.04 bits per heavy atom. The zero-order valence-corrected chi connectivity index (χ0v) is 13.5. The van der Waals surface area contributed by atoms with E-state index >= 15 is 0 Å². The van der Waals surface area contributed by atoms with Crippen molar-refractivity contribution in [3.63, 3.8) is 0 Å². The van der Waals surface area contributed by atoms with Crippen LogP contribution in [-0.4, -0.2) is 32.6 Å². The summed E-state index contributed by atoms with van der Waals surface area (Å²) in [7, 11) is 1.47. The summed E-state index contributed by atoms with van der Waals surface area (Å²) in [5.41, 5.74) is -1.14. The zero-order valence-electron chi connectivity index (χ0n) is 13.5. The van der Waals surface area contributed by atoms with E-state index < -0.39 is 17.8 Å². The van der Waals surface area contributed by atoms with E-state index in [9.17, 15) is 13.2 Å². The quantitative estimate of drug-likeness (QED) is 0.725. The van der Waals surface area contributed by atoms with Gasteiger partial charge in [-0.1, -0.05) is 18.2 Å². The van der Waals surface area contributed by atoms with Gasteiger partial charge < -0.3 is 19.6 Å². The van der Waals surface area contributed by atoms with E-state index in [1.807, 2.05) is 18.2 Å². The molecule has 7 heteroatoms. The molecule has 2 aromatic rings. The van der Waals surface area contributed by atoms with Gasteiger partial charge >= 0.3 is 6.18 Å². The molecule has 0 aromatic heterocycles. The lowest BCUT2D eigenvalue weighted by Gasteiger charge is -2.20. The molecular formula is C18H18F3NO3. The van der Waals surface area contributed by atoms with Gasteiger partial charge in [0.15, 0.2) is 6.10 Å². The Bertz CT molecular complexity index is 690. The van der Waals surface area contributed by atoms with Crippen LogP contribution in [0, 0.1) is 5.41 Å². The maximum Gasteiger partial charge on any atom is 0.417 e. The van der Waals surface area contributed by atoms with Crippen molar-refractivity contribution in [3.05, 3.63) is 59.7 Å². The standard InChI is InChI=1S/C18H18F3NO3/c1-23-11-16(12-24-14-5-3-2-4-6-14)25-15-8-7-13(10-22)17(9-15)18(19,20)21/h2-10,16,22H,11-12H2,1H3. The van der Waals surface area contributed by atoms with Gasteiger partial charge in [0, 0.05) is 18.9 Å². The molecule has 1 N–H and O–H groups in total. The first-order chi connectivity index (χ1) is 11.9. The molecule has 0 fully saturated rings. The lowest BCUT2D eigenvalue weighted by molar-refractivity contribution is -0.137. The number of para-hydroxylation sites is 1. The maximum absolute atomic E-state index is 13.1. The van der Waals surface area contributed by atoms with Crippen LogP contribution in [0.3, 0.4) is 0 Å². The molecule has 0 saturated carbocycles. The third-order valence-corrected chi connectivity index (χ3v) is 3.32. The molecule has 0 amide bonds. The highest BCUT2D eigenvalue weighted by Gasteiger charge is 2.33. The first-order valence-electron chi connectivity index (χ1n) is 7.49. The summed E-state index contributed by atoms with van der Waals surface area (Å²) in [6, 6.07) is 12.5. The van der Waals surface area contributed by atoms with Gasteiger partial charge in [-0.3, -0.25) is 0 Å². The van der Waals surface area contributed by atoms with Gasteiger partial charge in [0.25, 0.3) is 0 Å². The van der Waals surface area contributed by atoms with Gasteiger partial charge in [-0.25, -0.2) is 0 Å². The Morgan fingerprint density at radius 3 is 2.36 bits per heavy atom. The van der Waals surface area contributed by atoms with Crippen molar-refractivity contribution < 1.29 is 27.4 Å². The van der Waals surface area contributed by atoms with Crippen LogP contribution in [0.4, 0.5) is 13.2 Å². The second kappa shape index (κ2) is 8.53. The third-order valence-electron chi connectivity index (χ3n) is 3.32. The predicted octanol–water partition coefficient (Wildman–Crippen LogP) is 4.18. The summed E-state index contributed by atoms with van der Waals surface area (Å²) in [5.74, 6) is 0.666. The van der Waals surface area contributed by atoms with E-state index in [4.69, 9.17) is 19.6 Å². The average Bonchev–Trinajstić information content (AvgIpc) is 2.60. The number of methoxy groups -OCH3 is 1. The van der Waals surface area contributed by atoms with E-state index in [0.29, 0.717) is 12.0 Å². The van der Waals surface area contributed by atoms with Crippen LogP contribution in [0.2, 0.25) is 0 Å². The zero-order chi connectivity index (χ0) is 18.3. The van der Waals surface area contributed by atoms with Gasteiger partial charge in [0.2, 0.25) is 0 Å². The number of benzene rings is 2. The largest absolute Gasteiger partial charge is 0.490 e. The maximum atomic E-state index is 13.1. The number of rotatable bonds is 8. The van der Waals surface area contributed by atoms with Crippen LogP contribution < -0.4 is 9.47 Å². The first kappa shape index (κ1) is 18.8. The molecule has 0 bridgehead atoms. The third kappa shape index (κ3) is 5.49. The fraction of sp³-hybridized carbons (Fsp3) is 0.278. The average molecular weight is 353 g/mol. The molecule has 0 spiro atoms. The Labute approximate surface area is 143 Å². The van der Waals surface area contributed by atoms with Gasteiger partial charge in [0.1, 0.15) is 18.1 Å². The first-order valence-corrected chi connectivity index (χ1v) is 7.49. The van der Waals surface area contributed by atoms with Crippen LogP contribution in [-0.2, 0) is 10.9 Å². The van der Waals surface area contributed by atoms with E-state index in [0.717, 1.165) is 6.07 Å². The van der Waals surface area contributed by atoms with Crippen LogP contribution in [0.1, 0.15) is 11.1 Å². The monoisotopic (exact) mass is 353 g/mol. The fourth-order valence-electron chi connectivity index (χ4n) is 2.18. The molecule has 0 aliphatic carbocycles. The van der Waals surface area contributed by atoms with E-state index in [1.54, 1.807) is 12.1 Å². The summed E-state index contributed by atoms with van der Waals surface area (Å²) in [5, 5.41) is 7.10. The van der Waals surface area contributed by atoms with Gasteiger partial charge in [0.05, 0.1) is 12.2 Å². The smallest absolute Gasteiger partial charge is 0.417 e. The summed E-state index contributed by atoms with van der Waals surface area (Å²) in [6.07, 6.45) is -4.49. The number of hydrogen-bond donors (Lipinski definition) is 1. The molecule has 4 nitrogen and oxygen atoms in total. The molecule has 134 valence electrons. The lowest BCUT2D eigenvalue weighted by atomic mass is 10.1. The minimum atomic E-state index is -4.57. The summed E-state index contributed by atoms with van der Waals surface area (Å²) < 4.78 is 55.4. The SMILES string of the molecule is COCC(COc1ccccc1)Oc1ccc(C=N)c(C(F)(F)F)c1. The molecule has 0 saturated heterocycles. The van der Waals surface area contributed by atoms with Crippen molar-refractivity contribution in [2.24, 2.45) is 0 Å². The molecule has 0 radical (unpaired) electrons. The Morgan fingerprint density at radius 2 is 1.76 bits per heavy atom. The van der Waals surface area contributed by atoms with Crippen LogP contribution in [0.5, 0.6) is 11.5 Å². The number of nitrogens with one attached hydrogen (secondary N) is 1. The Balaban J connectivity index is 2.12. The number of alkyl halides is 3. The molecule has 25 heavy (non-hydrogen) atoms. The van der Waals surface area contributed by atoms with Crippen molar-refractivity contribution in [1.29, 1.82) is 5.41 Å². The van der Waals surface area contributed by atoms with Gasteiger partial charge in [-0.15, -0.1) is 0 Å². The molecule has 1 atom stereocenters. The van der Waals surface area contributed by atoms with Crippen molar-refractivity contribution in [2.45, 2.75) is 12.3 Å². The lowest BCUT2D eigenvalue weighted by Crippen LogP contribution is -2.29. The normalized spacial score (nSPS) is 12.5. The minimum absolute atomic E-state index is 0.0386. The minimum Gasteiger partial charge on any atom is -0.490 e.